The minimum Gasteiger partial charge on any atom is -0.380 e. The molecular formula is C13H20Cl2N2O. The van der Waals surface area contributed by atoms with Gasteiger partial charge in [-0.25, -0.2) is 0 Å². The fourth-order valence-corrected chi connectivity index (χ4v) is 2.26. The fourth-order valence-electron chi connectivity index (χ4n) is 1.83. The summed E-state index contributed by atoms with van der Waals surface area (Å²) < 4.78 is 5.35. The van der Waals surface area contributed by atoms with E-state index < -0.39 is 0 Å². The van der Waals surface area contributed by atoms with Crippen LogP contribution in [0.2, 0.25) is 10.0 Å². The van der Waals surface area contributed by atoms with Crippen LogP contribution in [0.4, 0.5) is 0 Å². The standard InChI is InChI=1S/C13H20Cl2N2O/c1-3-18-8-7-17(2)12(9-16)10-5-4-6-11(14)13(10)15/h4-6,12H,3,7-9,16H2,1-2H3. The van der Waals surface area contributed by atoms with Crippen LogP contribution in [0.1, 0.15) is 18.5 Å². The summed E-state index contributed by atoms with van der Waals surface area (Å²) in [4.78, 5) is 2.13. The summed E-state index contributed by atoms with van der Waals surface area (Å²) in [5.74, 6) is 0. The number of likely N-dealkylation sites (N-methyl/N-ethyl adjacent to an activating group) is 1. The van der Waals surface area contributed by atoms with Crippen LogP contribution < -0.4 is 5.73 Å². The van der Waals surface area contributed by atoms with E-state index in [1.165, 1.54) is 0 Å². The van der Waals surface area contributed by atoms with Crippen LogP contribution in [0, 0.1) is 0 Å². The first kappa shape index (κ1) is 15.7. The van der Waals surface area contributed by atoms with Gasteiger partial charge in [-0.05, 0) is 25.6 Å². The quantitative estimate of drug-likeness (QED) is 0.785. The Bertz CT molecular complexity index is 374. The van der Waals surface area contributed by atoms with Gasteiger partial charge in [-0.3, -0.25) is 4.90 Å². The second kappa shape index (κ2) is 7.97. The first-order chi connectivity index (χ1) is 8.61. The first-order valence-corrected chi connectivity index (χ1v) is 6.79. The van der Waals surface area contributed by atoms with E-state index in [9.17, 15) is 0 Å². The molecular weight excluding hydrogens is 271 g/mol. The third kappa shape index (κ3) is 4.11. The monoisotopic (exact) mass is 290 g/mol. The van der Waals surface area contributed by atoms with Gasteiger partial charge >= 0.3 is 0 Å². The van der Waals surface area contributed by atoms with Crippen molar-refractivity contribution in [1.82, 2.24) is 4.90 Å². The highest BCUT2D eigenvalue weighted by atomic mass is 35.5. The number of nitrogens with two attached hydrogens (primary N) is 1. The lowest BCUT2D eigenvalue weighted by atomic mass is 10.1. The smallest absolute Gasteiger partial charge is 0.0640 e. The molecule has 1 atom stereocenters. The van der Waals surface area contributed by atoms with Gasteiger partial charge in [0.2, 0.25) is 0 Å². The normalized spacial score (nSPS) is 13.0. The van der Waals surface area contributed by atoms with Crippen LogP contribution in [-0.2, 0) is 4.74 Å². The molecule has 0 bridgehead atoms. The van der Waals surface area contributed by atoms with Crippen molar-refractivity contribution in [3.63, 3.8) is 0 Å². The molecule has 5 heteroatoms. The van der Waals surface area contributed by atoms with Crippen molar-refractivity contribution in [1.29, 1.82) is 0 Å². The summed E-state index contributed by atoms with van der Waals surface area (Å²) in [6.45, 7) is 4.68. The highest BCUT2D eigenvalue weighted by Crippen LogP contribution is 2.31. The lowest BCUT2D eigenvalue weighted by molar-refractivity contribution is 0.108. The first-order valence-electron chi connectivity index (χ1n) is 6.03. The van der Waals surface area contributed by atoms with Crippen molar-refractivity contribution in [3.8, 4) is 0 Å². The van der Waals surface area contributed by atoms with Gasteiger partial charge in [-0.15, -0.1) is 0 Å². The average Bonchev–Trinajstić information content (AvgIpc) is 2.36. The average molecular weight is 291 g/mol. The van der Waals surface area contributed by atoms with Crippen LogP contribution in [0.15, 0.2) is 18.2 Å². The zero-order chi connectivity index (χ0) is 13.5. The number of hydrogen-bond donors (Lipinski definition) is 1. The van der Waals surface area contributed by atoms with Crippen LogP contribution in [-0.4, -0.2) is 38.3 Å². The largest absolute Gasteiger partial charge is 0.380 e. The predicted octanol–water partition coefficient (Wildman–Crippen LogP) is 2.96. The molecule has 0 spiro atoms. The third-order valence-electron chi connectivity index (χ3n) is 2.89. The molecule has 0 heterocycles. The molecule has 0 fully saturated rings. The lowest BCUT2D eigenvalue weighted by Gasteiger charge is -2.28. The Balaban J connectivity index is 2.78. The van der Waals surface area contributed by atoms with Crippen molar-refractivity contribution < 1.29 is 4.74 Å². The van der Waals surface area contributed by atoms with Gasteiger partial charge < -0.3 is 10.5 Å². The molecule has 0 radical (unpaired) electrons. The van der Waals surface area contributed by atoms with E-state index in [1.807, 2.05) is 26.1 Å². The zero-order valence-corrected chi connectivity index (χ0v) is 12.3. The number of hydrogen-bond acceptors (Lipinski definition) is 3. The highest BCUT2D eigenvalue weighted by molar-refractivity contribution is 6.42. The molecule has 2 N–H and O–H groups in total. The topological polar surface area (TPSA) is 38.5 Å². The van der Waals surface area contributed by atoms with Gasteiger partial charge in [-0.1, -0.05) is 35.3 Å². The number of rotatable bonds is 7. The molecule has 1 aromatic rings. The van der Waals surface area contributed by atoms with Gasteiger partial charge in [0.15, 0.2) is 0 Å². The Hall–Kier alpha value is -0.320. The minimum atomic E-state index is 0.0525. The van der Waals surface area contributed by atoms with Crippen LogP contribution >= 0.6 is 23.2 Å². The molecule has 1 rings (SSSR count). The maximum atomic E-state index is 6.23. The Morgan fingerprint density at radius 2 is 2.11 bits per heavy atom. The maximum Gasteiger partial charge on any atom is 0.0640 e. The predicted molar refractivity (Wildman–Crippen MR) is 77.4 cm³/mol. The highest BCUT2D eigenvalue weighted by Gasteiger charge is 2.19. The minimum absolute atomic E-state index is 0.0525. The molecule has 0 aliphatic heterocycles. The second-order valence-corrected chi connectivity index (χ2v) is 4.86. The Morgan fingerprint density at radius 3 is 2.72 bits per heavy atom. The van der Waals surface area contributed by atoms with Gasteiger partial charge in [0, 0.05) is 25.7 Å². The van der Waals surface area contributed by atoms with Gasteiger partial charge in [0.05, 0.1) is 16.7 Å². The van der Waals surface area contributed by atoms with Gasteiger partial charge in [-0.2, -0.15) is 0 Å². The molecule has 1 aromatic carbocycles. The van der Waals surface area contributed by atoms with Gasteiger partial charge in [0.25, 0.3) is 0 Å². The van der Waals surface area contributed by atoms with Crippen LogP contribution in [0.3, 0.4) is 0 Å². The lowest BCUT2D eigenvalue weighted by Crippen LogP contribution is -2.33. The number of halogens is 2. The molecule has 0 aliphatic carbocycles. The maximum absolute atomic E-state index is 6.23. The molecule has 0 saturated carbocycles. The van der Waals surface area contributed by atoms with Crippen molar-refractivity contribution in [2.45, 2.75) is 13.0 Å². The molecule has 0 aliphatic rings. The summed E-state index contributed by atoms with van der Waals surface area (Å²) >= 11 is 12.3. The number of benzene rings is 1. The van der Waals surface area contributed by atoms with E-state index in [4.69, 9.17) is 33.7 Å². The molecule has 1 unspecified atom stereocenters. The summed E-state index contributed by atoms with van der Waals surface area (Å²) in [5.41, 5.74) is 6.81. The fraction of sp³-hybridized carbons (Fsp3) is 0.538. The second-order valence-electron chi connectivity index (χ2n) is 4.07. The summed E-state index contributed by atoms with van der Waals surface area (Å²) in [6.07, 6.45) is 0. The number of nitrogens with zero attached hydrogens (tertiary/aromatic N) is 1. The molecule has 0 amide bonds. The molecule has 102 valence electrons. The summed E-state index contributed by atoms with van der Waals surface area (Å²) in [6, 6.07) is 5.68. The molecule has 0 aromatic heterocycles. The van der Waals surface area contributed by atoms with E-state index >= 15 is 0 Å². The van der Waals surface area contributed by atoms with Crippen molar-refractivity contribution in [2.24, 2.45) is 5.73 Å². The van der Waals surface area contributed by atoms with E-state index in [1.54, 1.807) is 6.07 Å². The summed E-state index contributed by atoms with van der Waals surface area (Å²) in [5, 5.41) is 1.14. The molecule has 3 nitrogen and oxygen atoms in total. The van der Waals surface area contributed by atoms with Crippen LogP contribution in [0.25, 0.3) is 0 Å². The van der Waals surface area contributed by atoms with E-state index in [2.05, 4.69) is 4.90 Å². The number of ether oxygens (including phenoxy) is 1. The Morgan fingerprint density at radius 1 is 1.39 bits per heavy atom. The van der Waals surface area contributed by atoms with Crippen molar-refractivity contribution in [2.75, 3.05) is 33.4 Å². The van der Waals surface area contributed by atoms with E-state index in [0.717, 1.165) is 18.7 Å². The van der Waals surface area contributed by atoms with Crippen molar-refractivity contribution in [3.05, 3.63) is 33.8 Å². The molecule has 0 saturated heterocycles. The van der Waals surface area contributed by atoms with Crippen molar-refractivity contribution >= 4 is 23.2 Å². The SMILES string of the molecule is CCOCCN(C)C(CN)c1cccc(Cl)c1Cl. The van der Waals surface area contributed by atoms with Gasteiger partial charge in [0.1, 0.15) is 0 Å². The summed E-state index contributed by atoms with van der Waals surface area (Å²) in [7, 11) is 2.01. The van der Waals surface area contributed by atoms with Crippen LogP contribution in [0.5, 0.6) is 0 Å². The zero-order valence-electron chi connectivity index (χ0n) is 10.8. The van der Waals surface area contributed by atoms with E-state index in [-0.39, 0.29) is 6.04 Å². The van der Waals surface area contributed by atoms with E-state index in [0.29, 0.717) is 23.2 Å². The third-order valence-corrected chi connectivity index (χ3v) is 3.72. The Labute approximate surface area is 119 Å². The Kier molecular flexibility index (Phi) is 6.97. The molecule has 18 heavy (non-hydrogen) atoms.